The van der Waals surface area contributed by atoms with Gasteiger partial charge in [0.25, 0.3) is 5.91 Å². The van der Waals surface area contributed by atoms with Gasteiger partial charge >= 0.3 is 0 Å². The highest BCUT2D eigenvalue weighted by Crippen LogP contribution is 2.29. The summed E-state index contributed by atoms with van der Waals surface area (Å²) in [6, 6.07) is 9.69. The minimum atomic E-state index is -0.142. The maximum absolute atomic E-state index is 12.5. The molecule has 1 aromatic carbocycles. The van der Waals surface area contributed by atoms with E-state index in [9.17, 15) is 4.79 Å². The molecule has 1 aliphatic rings. The van der Waals surface area contributed by atoms with Crippen LogP contribution in [0.15, 0.2) is 42.7 Å². The van der Waals surface area contributed by atoms with Crippen molar-refractivity contribution in [2.24, 2.45) is 7.05 Å². The number of amides is 1. The molecule has 0 bridgehead atoms. The zero-order valence-electron chi connectivity index (χ0n) is 12.8. The van der Waals surface area contributed by atoms with Crippen molar-refractivity contribution in [2.45, 2.75) is 18.6 Å². The van der Waals surface area contributed by atoms with Crippen molar-refractivity contribution in [2.75, 3.05) is 6.61 Å². The summed E-state index contributed by atoms with van der Waals surface area (Å²) in [7, 11) is 1.87. The number of hydrogen-bond acceptors (Lipinski definition) is 3. The quantitative estimate of drug-likeness (QED) is 0.778. The third-order valence-electron chi connectivity index (χ3n) is 4.24. The molecule has 0 spiro atoms. The van der Waals surface area contributed by atoms with Crippen LogP contribution in [0.4, 0.5) is 0 Å². The van der Waals surface area contributed by atoms with Gasteiger partial charge in [0.1, 0.15) is 11.8 Å². The predicted octanol–water partition coefficient (Wildman–Crippen LogP) is 2.16. The number of carbonyl (C=O) groups is 1. The zero-order valence-corrected chi connectivity index (χ0v) is 12.8. The summed E-state index contributed by atoms with van der Waals surface area (Å²) >= 11 is 0. The molecule has 1 aliphatic heterocycles. The van der Waals surface area contributed by atoms with Crippen LogP contribution in [0, 0.1) is 0 Å². The Hall–Kier alpha value is -2.60. The number of carbonyl (C=O) groups excluding carboxylic acids is 1. The Kier molecular flexibility index (Phi) is 3.38. The lowest BCUT2D eigenvalue weighted by atomic mass is 10.1. The summed E-state index contributed by atoms with van der Waals surface area (Å²) in [6.45, 7) is 0.636. The maximum Gasteiger partial charge on any atom is 0.268 e. The standard InChI is InChI=1S/C17H18N4O2/c1-21-10-12(9-18-21)16-14(6-7-23-16)20-17(22)15-8-11-4-2-3-5-13(11)19-15/h2-5,8-10,14,16,19H,6-7H2,1H3,(H,20,22)/t14-,16+/m0/s1. The second-order valence-corrected chi connectivity index (χ2v) is 5.88. The number of fused-ring (bicyclic) bond motifs is 1. The SMILES string of the molecule is Cn1cc([C@H]2OCC[C@@H]2NC(=O)c2cc3ccccc3[nH]2)cn1. The van der Waals surface area contributed by atoms with Crippen LogP contribution in [0.1, 0.15) is 28.6 Å². The number of ether oxygens (including phenoxy) is 1. The van der Waals surface area contributed by atoms with Crippen LogP contribution in [0.5, 0.6) is 0 Å². The van der Waals surface area contributed by atoms with Crippen LogP contribution in [0.3, 0.4) is 0 Å². The van der Waals surface area contributed by atoms with Crippen molar-refractivity contribution in [3.63, 3.8) is 0 Å². The summed E-state index contributed by atoms with van der Waals surface area (Å²) in [5.41, 5.74) is 2.53. The van der Waals surface area contributed by atoms with Gasteiger partial charge in [-0.25, -0.2) is 0 Å². The molecule has 0 unspecified atom stereocenters. The Morgan fingerprint density at radius 3 is 3.09 bits per heavy atom. The highest BCUT2D eigenvalue weighted by molar-refractivity contribution is 5.98. The normalized spacial score (nSPS) is 20.9. The van der Waals surface area contributed by atoms with E-state index in [0.717, 1.165) is 22.9 Å². The summed E-state index contributed by atoms with van der Waals surface area (Å²) < 4.78 is 7.53. The molecule has 2 N–H and O–H groups in total. The molecule has 2 aromatic heterocycles. The number of benzene rings is 1. The van der Waals surface area contributed by atoms with Crippen molar-refractivity contribution >= 4 is 16.8 Å². The average Bonchev–Trinajstić information content (AvgIpc) is 3.25. The van der Waals surface area contributed by atoms with E-state index >= 15 is 0 Å². The van der Waals surface area contributed by atoms with Crippen molar-refractivity contribution in [1.29, 1.82) is 0 Å². The molecule has 4 rings (SSSR count). The molecule has 3 aromatic rings. The molecule has 0 radical (unpaired) electrons. The molecule has 6 heteroatoms. The van der Waals surface area contributed by atoms with Crippen molar-refractivity contribution in [3.05, 3.63) is 54.0 Å². The van der Waals surface area contributed by atoms with Gasteiger partial charge in [-0.1, -0.05) is 18.2 Å². The Balaban J connectivity index is 1.53. The van der Waals surface area contributed by atoms with Crippen LogP contribution in [0.2, 0.25) is 0 Å². The first kappa shape index (κ1) is 14.0. The fourth-order valence-corrected chi connectivity index (χ4v) is 3.09. The number of rotatable bonds is 3. The van der Waals surface area contributed by atoms with E-state index in [4.69, 9.17) is 4.74 Å². The Bertz CT molecular complexity index is 818. The third-order valence-corrected chi connectivity index (χ3v) is 4.24. The van der Waals surface area contributed by atoms with E-state index in [1.807, 2.05) is 43.6 Å². The van der Waals surface area contributed by atoms with Gasteiger partial charge in [0, 0.05) is 36.3 Å². The first-order chi connectivity index (χ1) is 11.2. The third kappa shape index (κ3) is 2.61. The fourth-order valence-electron chi connectivity index (χ4n) is 3.09. The number of nitrogens with one attached hydrogen (secondary N) is 2. The van der Waals surface area contributed by atoms with E-state index in [2.05, 4.69) is 15.4 Å². The number of nitrogens with zero attached hydrogens (tertiary/aromatic N) is 2. The second kappa shape index (κ2) is 5.55. The van der Waals surface area contributed by atoms with Gasteiger partial charge in [0.15, 0.2) is 0 Å². The van der Waals surface area contributed by atoms with E-state index in [1.165, 1.54) is 0 Å². The molecule has 1 amide bonds. The van der Waals surface area contributed by atoms with Crippen LogP contribution in [-0.2, 0) is 11.8 Å². The highest BCUT2D eigenvalue weighted by Gasteiger charge is 2.32. The van der Waals surface area contributed by atoms with Crippen LogP contribution >= 0.6 is 0 Å². The van der Waals surface area contributed by atoms with E-state index < -0.39 is 0 Å². The summed E-state index contributed by atoms with van der Waals surface area (Å²) in [6.07, 6.45) is 4.37. The minimum Gasteiger partial charge on any atom is -0.371 e. The number of aromatic amines is 1. The lowest BCUT2D eigenvalue weighted by Gasteiger charge is -2.18. The van der Waals surface area contributed by atoms with Crippen LogP contribution < -0.4 is 5.32 Å². The smallest absolute Gasteiger partial charge is 0.268 e. The molecule has 1 saturated heterocycles. The number of para-hydroxylation sites is 1. The Morgan fingerprint density at radius 2 is 2.30 bits per heavy atom. The lowest BCUT2D eigenvalue weighted by Crippen LogP contribution is -2.36. The molecule has 3 heterocycles. The molecule has 0 aliphatic carbocycles. The molecule has 2 atom stereocenters. The topological polar surface area (TPSA) is 71.9 Å². The maximum atomic E-state index is 12.5. The predicted molar refractivity (Wildman–Crippen MR) is 86.1 cm³/mol. The first-order valence-electron chi connectivity index (χ1n) is 7.69. The molecule has 118 valence electrons. The molecule has 23 heavy (non-hydrogen) atoms. The van der Waals surface area contributed by atoms with E-state index in [0.29, 0.717) is 12.3 Å². The molecular formula is C17H18N4O2. The minimum absolute atomic E-state index is 0.0434. The van der Waals surface area contributed by atoms with Crippen LogP contribution in [-0.4, -0.2) is 33.3 Å². The van der Waals surface area contributed by atoms with E-state index in [1.54, 1.807) is 10.9 Å². The largest absolute Gasteiger partial charge is 0.371 e. The number of aryl methyl sites for hydroxylation is 1. The van der Waals surface area contributed by atoms with Gasteiger partial charge in [-0.3, -0.25) is 9.48 Å². The monoisotopic (exact) mass is 310 g/mol. The highest BCUT2D eigenvalue weighted by atomic mass is 16.5. The van der Waals surface area contributed by atoms with Gasteiger partial charge in [0.2, 0.25) is 0 Å². The lowest BCUT2D eigenvalue weighted by molar-refractivity contribution is 0.0818. The number of H-pyrrole nitrogens is 1. The fraction of sp³-hybridized carbons (Fsp3) is 0.294. The summed E-state index contributed by atoms with van der Waals surface area (Å²) in [5, 5.41) is 8.29. The van der Waals surface area contributed by atoms with Crippen molar-refractivity contribution in [3.8, 4) is 0 Å². The Labute approximate surface area is 133 Å². The molecular weight excluding hydrogens is 292 g/mol. The molecule has 1 fully saturated rings. The van der Waals surface area contributed by atoms with Gasteiger partial charge in [-0.2, -0.15) is 5.10 Å². The number of hydrogen-bond donors (Lipinski definition) is 2. The van der Waals surface area contributed by atoms with Gasteiger partial charge < -0.3 is 15.0 Å². The Morgan fingerprint density at radius 1 is 1.43 bits per heavy atom. The van der Waals surface area contributed by atoms with Gasteiger partial charge in [0.05, 0.1) is 12.2 Å². The first-order valence-corrected chi connectivity index (χ1v) is 7.69. The van der Waals surface area contributed by atoms with Crippen molar-refractivity contribution < 1.29 is 9.53 Å². The summed E-state index contributed by atoms with van der Waals surface area (Å²) in [5.74, 6) is -0.106. The second-order valence-electron chi connectivity index (χ2n) is 5.88. The molecule has 0 saturated carbocycles. The summed E-state index contributed by atoms with van der Waals surface area (Å²) in [4.78, 5) is 15.7. The zero-order chi connectivity index (χ0) is 15.8. The van der Waals surface area contributed by atoms with E-state index in [-0.39, 0.29) is 18.1 Å². The van der Waals surface area contributed by atoms with Crippen molar-refractivity contribution in [1.82, 2.24) is 20.1 Å². The van der Waals surface area contributed by atoms with Gasteiger partial charge in [-0.15, -0.1) is 0 Å². The van der Waals surface area contributed by atoms with Gasteiger partial charge in [-0.05, 0) is 18.6 Å². The number of aromatic nitrogens is 3. The molecule has 6 nitrogen and oxygen atoms in total. The van der Waals surface area contributed by atoms with Crippen LogP contribution in [0.25, 0.3) is 10.9 Å². The average molecular weight is 310 g/mol.